The Morgan fingerprint density at radius 2 is 2.11 bits per heavy atom. The standard InChI is InChI=1S/C13H25NO3S/c1-3-10(2)9-18(15)12-8-13(5-4-11(12)14)16-6-7-17-13/h10-12H,3-9,14H2,1-2H3. The molecule has 0 bridgehead atoms. The fourth-order valence-corrected chi connectivity index (χ4v) is 4.71. The number of ether oxygens (including phenoxy) is 2. The number of hydrogen-bond donors (Lipinski definition) is 1. The summed E-state index contributed by atoms with van der Waals surface area (Å²) in [6.45, 7) is 5.58. The van der Waals surface area contributed by atoms with Crippen molar-refractivity contribution in [2.75, 3.05) is 19.0 Å². The Balaban J connectivity index is 1.98. The third-order valence-corrected chi connectivity index (χ3v) is 6.23. The zero-order valence-electron chi connectivity index (χ0n) is 11.4. The van der Waals surface area contributed by atoms with Gasteiger partial charge in [-0.15, -0.1) is 0 Å². The van der Waals surface area contributed by atoms with Gasteiger partial charge in [-0.2, -0.15) is 0 Å². The monoisotopic (exact) mass is 275 g/mol. The molecule has 18 heavy (non-hydrogen) atoms. The minimum absolute atomic E-state index is 0.0193. The first-order valence-electron chi connectivity index (χ1n) is 6.97. The van der Waals surface area contributed by atoms with Crippen LogP contribution in [0.15, 0.2) is 0 Å². The van der Waals surface area contributed by atoms with Crippen LogP contribution in [0.5, 0.6) is 0 Å². The van der Waals surface area contributed by atoms with Gasteiger partial charge in [0.25, 0.3) is 0 Å². The molecule has 2 rings (SSSR count). The van der Waals surface area contributed by atoms with E-state index in [1.165, 1.54) is 0 Å². The van der Waals surface area contributed by atoms with Crippen LogP contribution in [0, 0.1) is 5.92 Å². The van der Waals surface area contributed by atoms with Gasteiger partial charge in [0, 0.05) is 35.4 Å². The van der Waals surface area contributed by atoms with E-state index >= 15 is 0 Å². The summed E-state index contributed by atoms with van der Waals surface area (Å²) in [5, 5.41) is 0.0193. The average Bonchev–Trinajstić information content (AvgIpc) is 2.81. The molecule has 0 aromatic carbocycles. The summed E-state index contributed by atoms with van der Waals surface area (Å²) in [5.41, 5.74) is 6.14. The Morgan fingerprint density at radius 1 is 1.44 bits per heavy atom. The second kappa shape index (κ2) is 5.99. The second-order valence-electron chi connectivity index (χ2n) is 5.61. The zero-order chi connectivity index (χ0) is 13.2. The van der Waals surface area contributed by atoms with E-state index in [9.17, 15) is 4.21 Å². The topological polar surface area (TPSA) is 61.6 Å². The van der Waals surface area contributed by atoms with Crippen molar-refractivity contribution in [2.45, 2.75) is 56.6 Å². The zero-order valence-corrected chi connectivity index (χ0v) is 12.2. The highest BCUT2D eigenvalue weighted by atomic mass is 32.2. The molecule has 2 aliphatic rings. The van der Waals surface area contributed by atoms with Crippen LogP contribution in [-0.2, 0) is 20.3 Å². The van der Waals surface area contributed by atoms with Crippen molar-refractivity contribution in [3.63, 3.8) is 0 Å². The maximum atomic E-state index is 12.4. The Kier molecular flexibility index (Phi) is 4.80. The molecule has 1 saturated heterocycles. The molecule has 2 fully saturated rings. The molecule has 4 unspecified atom stereocenters. The summed E-state index contributed by atoms with van der Waals surface area (Å²) in [5.74, 6) is 0.748. The summed E-state index contributed by atoms with van der Waals surface area (Å²) in [6, 6.07) is 0.0216. The molecule has 1 saturated carbocycles. The largest absolute Gasteiger partial charge is 0.347 e. The first-order valence-corrected chi connectivity index (χ1v) is 8.35. The van der Waals surface area contributed by atoms with Crippen LogP contribution in [0.2, 0.25) is 0 Å². The van der Waals surface area contributed by atoms with Gasteiger partial charge in [0.15, 0.2) is 5.79 Å². The van der Waals surface area contributed by atoms with Crippen molar-refractivity contribution < 1.29 is 13.7 Å². The molecule has 1 spiro atoms. The van der Waals surface area contributed by atoms with Gasteiger partial charge in [0.1, 0.15) is 0 Å². The predicted molar refractivity (Wildman–Crippen MR) is 72.7 cm³/mol. The molecule has 1 aliphatic heterocycles. The molecule has 106 valence electrons. The van der Waals surface area contributed by atoms with Crippen molar-refractivity contribution in [1.29, 1.82) is 0 Å². The lowest BCUT2D eigenvalue weighted by Gasteiger charge is -2.39. The molecule has 2 N–H and O–H groups in total. The molecular weight excluding hydrogens is 250 g/mol. The molecule has 0 aromatic rings. The Hall–Kier alpha value is 0.0300. The van der Waals surface area contributed by atoms with Crippen LogP contribution in [0.1, 0.15) is 39.5 Å². The van der Waals surface area contributed by atoms with Crippen molar-refractivity contribution >= 4 is 10.8 Å². The van der Waals surface area contributed by atoms with Gasteiger partial charge >= 0.3 is 0 Å². The summed E-state index contributed by atoms with van der Waals surface area (Å²) in [4.78, 5) is 0. The summed E-state index contributed by atoms with van der Waals surface area (Å²) < 4.78 is 23.9. The van der Waals surface area contributed by atoms with Crippen LogP contribution in [0.4, 0.5) is 0 Å². The fraction of sp³-hybridized carbons (Fsp3) is 1.00. The lowest BCUT2D eigenvalue weighted by atomic mass is 9.90. The minimum atomic E-state index is -0.874. The minimum Gasteiger partial charge on any atom is -0.347 e. The lowest BCUT2D eigenvalue weighted by molar-refractivity contribution is -0.177. The Morgan fingerprint density at radius 3 is 2.72 bits per heavy atom. The highest BCUT2D eigenvalue weighted by Crippen LogP contribution is 2.37. The first kappa shape index (κ1) is 14.4. The smallest absolute Gasteiger partial charge is 0.169 e. The first-order chi connectivity index (χ1) is 8.56. The van der Waals surface area contributed by atoms with E-state index in [4.69, 9.17) is 15.2 Å². The molecule has 4 nitrogen and oxygen atoms in total. The summed E-state index contributed by atoms with van der Waals surface area (Å²) in [6.07, 6.45) is 3.44. The van der Waals surface area contributed by atoms with Crippen molar-refractivity contribution in [3.05, 3.63) is 0 Å². The molecule has 0 aromatic heterocycles. The van der Waals surface area contributed by atoms with E-state index in [1.807, 2.05) is 0 Å². The molecule has 4 atom stereocenters. The van der Waals surface area contributed by atoms with E-state index in [0.29, 0.717) is 25.6 Å². The molecule has 5 heteroatoms. The maximum absolute atomic E-state index is 12.4. The van der Waals surface area contributed by atoms with Crippen molar-refractivity contribution in [2.24, 2.45) is 11.7 Å². The van der Waals surface area contributed by atoms with Gasteiger partial charge in [-0.25, -0.2) is 0 Å². The van der Waals surface area contributed by atoms with Crippen LogP contribution >= 0.6 is 0 Å². The second-order valence-corrected chi connectivity index (χ2v) is 7.31. The predicted octanol–water partition coefficient (Wildman–Crippen LogP) is 1.40. The number of nitrogens with two attached hydrogens (primary N) is 1. The number of rotatable bonds is 4. The van der Waals surface area contributed by atoms with Crippen molar-refractivity contribution in [3.8, 4) is 0 Å². The van der Waals surface area contributed by atoms with Gasteiger partial charge in [0.2, 0.25) is 0 Å². The third kappa shape index (κ3) is 3.13. The van der Waals surface area contributed by atoms with Crippen LogP contribution < -0.4 is 5.73 Å². The Labute approximate surface area is 112 Å². The van der Waals surface area contributed by atoms with Gasteiger partial charge in [-0.3, -0.25) is 4.21 Å². The lowest BCUT2D eigenvalue weighted by Crippen LogP contribution is -2.51. The molecule has 0 radical (unpaired) electrons. The molecule has 1 aliphatic carbocycles. The van der Waals surface area contributed by atoms with Gasteiger partial charge in [-0.05, 0) is 12.3 Å². The van der Waals surface area contributed by atoms with Crippen molar-refractivity contribution in [1.82, 2.24) is 0 Å². The molecule has 0 amide bonds. The summed E-state index contributed by atoms with van der Waals surface area (Å²) >= 11 is 0. The highest BCUT2D eigenvalue weighted by molar-refractivity contribution is 7.85. The normalized spacial score (nSPS) is 34.6. The van der Waals surface area contributed by atoms with Gasteiger partial charge < -0.3 is 15.2 Å². The molecular formula is C13H25NO3S. The quantitative estimate of drug-likeness (QED) is 0.842. The molecule has 1 heterocycles. The van der Waals surface area contributed by atoms with E-state index in [-0.39, 0.29) is 11.3 Å². The number of hydrogen-bond acceptors (Lipinski definition) is 4. The van der Waals surface area contributed by atoms with Gasteiger partial charge in [0.05, 0.1) is 18.5 Å². The van der Waals surface area contributed by atoms with E-state index in [0.717, 1.165) is 25.0 Å². The SMILES string of the molecule is CCC(C)CS(=O)C1CC2(CCC1N)OCCO2. The highest BCUT2D eigenvalue weighted by Gasteiger charge is 2.46. The summed E-state index contributed by atoms with van der Waals surface area (Å²) in [7, 11) is -0.874. The Bertz CT molecular complexity index is 305. The fourth-order valence-electron chi connectivity index (χ4n) is 2.70. The average molecular weight is 275 g/mol. The van der Waals surface area contributed by atoms with E-state index in [2.05, 4.69) is 13.8 Å². The van der Waals surface area contributed by atoms with Crippen LogP contribution in [0.25, 0.3) is 0 Å². The van der Waals surface area contributed by atoms with E-state index < -0.39 is 16.6 Å². The maximum Gasteiger partial charge on any atom is 0.169 e. The van der Waals surface area contributed by atoms with Gasteiger partial charge in [-0.1, -0.05) is 20.3 Å². The van der Waals surface area contributed by atoms with Crippen LogP contribution in [-0.4, -0.2) is 40.3 Å². The van der Waals surface area contributed by atoms with E-state index in [1.54, 1.807) is 0 Å². The third-order valence-electron chi connectivity index (χ3n) is 4.15. The van der Waals surface area contributed by atoms with Crippen LogP contribution in [0.3, 0.4) is 0 Å².